The van der Waals surface area contributed by atoms with Gasteiger partial charge in [0, 0.05) is 6.42 Å². The number of ether oxygens (including phenoxy) is 1. The molecule has 11 atom stereocenters. The summed E-state index contributed by atoms with van der Waals surface area (Å²) in [6, 6.07) is 6.75. The van der Waals surface area contributed by atoms with E-state index in [0.717, 1.165) is 31.2 Å². The number of hydrogen-bond donors (Lipinski definition) is 2. The van der Waals surface area contributed by atoms with Crippen LogP contribution in [0.15, 0.2) is 29.2 Å². The zero-order valence-corrected chi connectivity index (χ0v) is 25.5. The van der Waals surface area contributed by atoms with Gasteiger partial charge in [-0.3, -0.25) is 8.98 Å². The molecular formula is C32H48O7S. The molecule has 0 amide bonds. The SMILES string of the molecule is COC(=O)CCC(C)[C@H]1CC[C@H]2[C@@H]3[C@H](O)C[C@@H]4C[C@H](OS(=O)(=O)c5ccc(C)cc5)CC[C@]4(C)[C@H]3C[C@H](O)[C@]12C. The molecule has 224 valence electrons. The van der Waals surface area contributed by atoms with Crippen LogP contribution in [0.5, 0.6) is 0 Å². The zero-order chi connectivity index (χ0) is 29.0. The van der Waals surface area contributed by atoms with Gasteiger partial charge in [-0.05, 0) is 117 Å². The molecule has 40 heavy (non-hydrogen) atoms. The summed E-state index contributed by atoms with van der Waals surface area (Å²) in [6.07, 6.45) is 5.18. The summed E-state index contributed by atoms with van der Waals surface area (Å²) < 4.78 is 36.6. The predicted molar refractivity (Wildman–Crippen MR) is 152 cm³/mol. The zero-order valence-electron chi connectivity index (χ0n) is 24.7. The molecule has 1 aromatic carbocycles. The lowest BCUT2D eigenvalue weighted by Gasteiger charge is -2.63. The van der Waals surface area contributed by atoms with E-state index in [1.807, 2.05) is 6.92 Å². The molecule has 4 fully saturated rings. The average Bonchev–Trinajstić information content (AvgIpc) is 3.27. The number of hydrogen-bond acceptors (Lipinski definition) is 7. The van der Waals surface area contributed by atoms with E-state index in [2.05, 4.69) is 20.8 Å². The fraction of sp³-hybridized carbons (Fsp3) is 0.781. The van der Waals surface area contributed by atoms with Crippen molar-refractivity contribution >= 4 is 16.1 Å². The smallest absolute Gasteiger partial charge is 0.305 e. The second-order valence-corrected chi connectivity index (χ2v) is 15.5. The molecule has 4 saturated carbocycles. The number of fused-ring (bicyclic) bond motifs is 5. The molecule has 0 saturated heterocycles. The van der Waals surface area contributed by atoms with Crippen molar-refractivity contribution in [1.29, 1.82) is 0 Å². The highest BCUT2D eigenvalue weighted by atomic mass is 32.2. The summed E-state index contributed by atoms with van der Waals surface area (Å²) in [6.45, 7) is 8.66. The lowest BCUT2D eigenvalue weighted by Crippen LogP contribution is -2.62. The first-order valence-corrected chi connectivity index (χ1v) is 16.6. The van der Waals surface area contributed by atoms with E-state index in [0.29, 0.717) is 38.0 Å². The third kappa shape index (κ3) is 5.05. The van der Waals surface area contributed by atoms with Gasteiger partial charge in [0.2, 0.25) is 0 Å². The lowest BCUT2D eigenvalue weighted by atomic mass is 9.43. The van der Waals surface area contributed by atoms with Gasteiger partial charge < -0.3 is 14.9 Å². The summed E-state index contributed by atoms with van der Waals surface area (Å²) in [5.74, 6) is 1.08. The van der Waals surface area contributed by atoms with Crippen molar-refractivity contribution in [1.82, 2.24) is 0 Å². The van der Waals surface area contributed by atoms with Crippen molar-refractivity contribution in [3.05, 3.63) is 29.8 Å². The first-order valence-electron chi connectivity index (χ1n) is 15.2. The normalized spacial score (nSPS) is 41.9. The highest BCUT2D eigenvalue weighted by Gasteiger charge is 2.65. The summed E-state index contributed by atoms with van der Waals surface area (Å²) >= 11 is 0. The van der Waals surface area contributed by atoms with Crippen LogP contribution in [0, 0.1) is 53.3 Å². The molecule has 1 aromatic rings. The molecule has 0 aliphatic heterocycles. The first-order chi connectivity index (χ1) is 18.8. The van der Waals surface area contributed by atoms with Gasteiger partial charge in [0.25, 0.3) is 10.1 Å². The fourth-order valence-corrected chi connectivity index (χ4v) is 10.9. The summed E-state index contributed by atoms with van der Waals surface area (Å²) in [5.41, 5.74) is 0.630. The highest BCUT2D eigenvalue weighted by molar-refractivity contribution is 7.86. The van der Waals surface area contributed by atoms with Gasteiger partial charge in [-0.2, -0.15) is 8.42 Å². The van der Waals surface area contributed by atoms with Crippen LogP contribution >= 0.6 is 0 Å². The molecule has 4 aliphatic carbocycles. The van der Waals surface area contributed by atoms with Crippen molar-refractivity contribution in [3.63, 3.8) is 0 Å². The quantitative estimate of drug-likeness (QED) is 0.337. The van der Waals surface area contributed by atoms with E-state index in [4.69, 9.17) is 8.92 Å². The minimum atomic E-state index is -3.86. The molecule has 0 heterocycles. The Bertz CT molecular complexity index is 1180. The number of esters is 1. The Morgan fingerprint density at radius 2 is 1.75 bits per heavy atom. The Hall–Kier alpha value is -1.48. The number of aryl methyl sites for hydroxylation is 1. The lowest BCUT2D eigenvalue weighted by molar-refractivity contribution is -0.206. The van der Waals surface area contributed by atoms with Crippen LogP contribution in [-0.4, -0.2) is 50.0 Å². The molecule has 7 nitrogen and oxygen atoms in total. The third-order valence-electron chi connectivity index (χ3n) is 12.1. The third-order valence-corrected chi connectivity index (χ3v) is 13.5. The Balaban J connectivity index is 1.31. The molecule has 0 spiro atoms. The number of carbonyl (C=O) groups excluding carboxylic acids is 1. The molecule has 1 unspecified atom stereocenters. The van der Waals surface area contributed by atoms with Gasteiger partial charge >= 0.3 is 5.97 Å². The second-order valence-electron chi connectivity index (χ2n) is 13.9. The van der Waals surface area contributed by atoms with Crippen molar-refractivity contribution in [2.45, 2.75) is 109 Å². The maximum Gasteiger partial charge on any atom is 0.305 e. The maximum atomic E-state index is 13.0. The Morgan fingerprint density at radius 1 is 1.05 bits per heavy atom. The van der Waals surface area contributed by atoms with Gasteiger partial charge in [-0.25, -0.2) is 0 Å². The molecule has 0 aromatic heterocycles. The molecule has 2 N–H and O–H groups in total. The van der Waals surface area contributed by atoms with Crippen LogP contribution < -0.4 is 0 Å². The van der Waals surface area contributed by atoms with Crippen molar-refractivity contribution < 1.29 is 32.3 Å². The van der Waals surface area contributed by atoms with E-state index in [1.165, 1.54) is 7.11 Å². The van der Waals surface area contributed by atoms with Gasteiger partial charge in [-0.15, -0.1) is 0 Å². The number of rotatable bonds is 7. The van der Waals surface area contributed by atoms with Crippen LogP contribution in [0.4, 0.5) is 0 Å². The van der Waals surface area contributed by atoms with Crippen LogP contribution in [-0.2, 0) is 23.8 Å². The van der Waals surface area contributed by atoms with Crippen LogP contribution in [0.3, 0.4) is 0 Å². The van der Waals surface area contributed by atoms with Gasteiger partial charge in [0.15, 0.2) is 0 Å². The van der Waals surface area contributed by atoms with E-state index in [-0.39, 0.29) is 51.3 Å². The van der Waals surface area contributed by atoms with Gasteiger partial charge in [0.05, 0.1) is 30.3 Å². The van der Waals surface area contributed by atoms with Gasteiger partial charge in [0.1, 0.15) is 0 Å². The summed E-state index contributed by atoms with van der Waals surface area (Å²) in [7, 11) is -2.44. The molecule has 4 aliphatic rings. The summed E-state index contributed by atoms with van der Waals surface area (Å²) in [4.78, 5) is 12.0. The van der Waals surface area contributed by atoms with Crippen molar-refractivity contribution in [2.24, 2.45) is 46.3 Å². The maximum absolute atomic E-state index is 13.0. The number of carbonyl (C=O) groups is 1. The standard InChI is InChI=1S/C32H48O7S/c1-19-6-9-23(10-7-19)40(36,37)39-22-14-15-31(3)21(16-22)17-27(33)30-25-12-11-24(20(2)8-13-29(35)38-5)32(25,4)28(34)18-26(30)31/h6-7,9-10,20-22,24-28,30,33-34H,8,11-18H2,1-5H3/t20?,21-,22+,24+,25-,26-,27+,28-,30-,31-,32+/m0/s1. The fourth-order valence-electron chi connectivity index (χ4n) is 9.79. The number of methoxy groups -OCH3 is 1. The monoisotopic (exact) mass is 576 g/mol. The van der Waals surface area contributed by atoms with E-state index in [1.54, 1.807) is 24.3 Å². The first kappa shape index (κ1) is 30.0. The summed E-state index contributed by atoms with van der Waals surface area (Å²) in [5, 5.41) is 23.4. The van der Waals surface area contributed by atoms with E-state index < -0.39 is 28.4 Å². The van der Waals surface area contributed by atoms with E-state index in [9.17, 15) is 23.4 Å². The minimum absolute atomic E-state index is 0.0751. The topological polar surface area (TPSA) is 110 Å². The Kier molecular flexibility index (Phi) is 8.23. The van der Waals surface area contributed by atoms with Crippen LogP contribution in [0.2, 0.25) is 0 Å². The second kappa shape index (κ2) is 11.0. The Labute approximate surface area is 240 Å². The number of benzene rings is 1. The molecule has 0 bridgehead atoms. The largest absolute Gasteiger partial charge is 0.469 e. The number of aliphatic hydroxyl groups excluding tert-OH is 2. The van der Waals surface area contributed by atoms with Gasteiger partial charge in [-0.1, -0.05) is 38.5 Å². The van der Waals surface area contributed by atoms with Crippen molar-refractivity contribution in [2.75, 3.05) is 7.11 Å². The van der Waals surface area contributed by atoms with Crippen molar-refractivity contribution in [3.8, 4) is 0 Å². The molecule has 5 rings (SSSR count). The Morgan fingerprint density at radius 3 is 2.42 bits per heavy atom. The van der Waals surface area contributed by atoms with Crippen LogP contribution in [0.25, 0.3) is 0 Å². The minimum Gasteiger partial charge on any atom is -0.469 e. The number of aliphatic hydroxyl groups is 2. The highest BCUT2D eigenvalue weighted by Crippen LogP contribution is 2.68. The predicted octanol–water partition coefficient (Wildman–Crippen LogP) is 5.26. The molecular weight excluding hydrogens is 528 g/mol. The van der Waals surface area contributed by atoms with E-state index >= 15 is 0 Å². The molecule has 8 heteroatoms. The molecule has 0 radical (unpaired) electrons. The van der Waals surface area contributed by atoms with Crippen LogP contribution in [0.1, 0.15) is 84.1 Å². The average molecular weight is 577 g/mol.